The molecule has 0 bridgehead atoms. The van der Waals surface area contributed by atoms with Gasteiger partial charge in [-0.25, -0.2) is 4.79 Å². The highest BCUT2D eigenvalue weighted by molar-refractivity contribution is 6.38. The first-order valence-electron chi connectivity index (χ1n) is 3.92. The Hall–Kier alpha value is -1.26. The largest absolute Gasteiger partial charge is 0.479 e. The van der Waals surface area contributed by atoms with Gasteiger partial charge in [0.15, 0.2) is 0 Å². The Kier molecular flexibility index (Phi) is 4.39. The van der Waals surface area contributed by atoms with Gasteiger partial charge in [0.1, 0.15) is 0 Å². The molecule has 0 fully saturated rings. The molecule has 0 amide bonds. The van der Waals surface area contributed by atoms with E-state index >= 15 is 0 Å². The lowest BCUT2D eigenvalue weighted by molar-refractivity contribution is -0.142. The van der Waals surface area contributed by atoms with Crippen LogP contribution in [-0.4, -0.2) is 23.9 Å². The van der Waals surface area contributed by atoms with Crippen LogP contribution in [0.1, 0.15) is 5.56 Å². The summed E-state index contributed by atoms with van der Waals surface area (Å²) >= 11 is 11.6. The highest BCUT2D eigenvalue weighted by Gasteiger charge is 2.02. The molecule has 4 nitrogen and oxygen atoms in total. The van der Waals surface area contributed by atoms with E-state index in [2.05, 4.69) is 9.99 Å². The van der Waals surface area contributed by atoms with E-state index in [1.807, 2.05) is 0 Å². The summed E-state index contributed by atoms with van der Waals surface area (Å²) in [5.41, 5.74) is 0.492. The third-order valence-corrected chi connectivity index (χ3v) is 2.10. The molecule has 0 radical (unpaired) electrons. The molecule has 0 aliphatic carbocycles. The van der Waals surface area contributed by atoms with Crippen molar-refractivity contribution in [1.29, 1.82) is 0 Å². The summed E-state index contributed by atoms with van der Waals surface area (Å²) in [6.45, 7) is -0.501. The molecule has 0 aliphatic rings. The van der Waals surface area contributed by atoms with Gasteiger partial charge in [-0.3, -0.25) is 0 Å². The second kappa shape index (κ2) is 5.58. The van der Waals surface area contributed by atoms with E-state index in [-0.39, 0.29) is 0 Å². The lowest BCUT2D eigenvalue weighted by Gasteiger charge is -1.99. The molecular formula is C9H7Cl2NO3. The number of benzene rings is 1. The maximum Gasteiger partial charge on any atom is 0.344 e. The van der Waals surface area contributed by atoms with E-state index in [0.29, 0.717) is 15.6 Å². The van der Waals surface area contributed by atoms with Crippen LogP contribution >= 0.6 is 23.2 Å². The Balaban J connectivity index is 2.67. The molecule has 1 aromatic carbocycles. The van der Waals surface area contributed by atoms with E-state index in [0.717, 1.165) is 0 Å². The van der Waals surface area contributed by atoms with Gasteiger partial charge in [-0.05, 0) is 12.1 Å². The minimum atomic E-state index is -1.10. The van der Waals surface area contributed by atoms with E-state index in [1.54, 1.807) is 18.2 Å². The van der Waals surface area contributed by atoms with Crippen LogP contribution in [0.3, 0.4) is 0 Å². The van der Waals surface area contributed by atoms with Crippen LogP contribution in [-0.2, 0) is 9.63 Å². The normalized spacial score (nSPS) is 10.5. The fourth-order valence-corrected chi connectivity index (χ4v) is 1.31. The smallest absolute Gasteiger partial charge is 0.344 e. The average Bonchev–Trinajstić information content (AvgIpc) is 2.15. The molecule has 0 aliphatic heterocycles. The van der Waals surface area contributed by atoms with E-state index < -0.39 is 12.6 Å². The zero-order chi connectivity index (χ0) is 11.3. The highest BCUT2D eigenvalue weighted by atomic mass is 35.5. The number of rotatable bonds is 4. The summed E-state index contributed by atoms with van der Waals surface area (Å²) in [5.74, 6) is -1.10. The third kappa shape index (κ3) is 3.77. The number of carboxylic acids is 1. The summed E-state index contributed by atoms with van der Waals surface area (Å²) in [6, 6.07) is 4.98. The van der Waals surface area contributed by atoms with Crippen molar-refractivity contribution in [3.63, 3.8) is 0 Å². The van der Waals surface area contributed by atoms with Crippen LogP contribution in [0.5, 0.6) is 0 Å². The molecule has 0 atom stereocenters. The number of carboxylic acid groups (broad SMARTS) is 1. The summed E-state index contributed by atoms with van der Waals surface area (Å²) in [6.07, 6.45) is 1.27. The zero-order valence-electron chi connectivity index (χ0n) is 7.48. The van der Waals surface area contributed by atoms with Crippen LogP contribution in [0.15, 0.2) is 23.4 Å². The van der Waals surface area contributed by atoms with Crippen molar-refractivity contribution in [1.82, 2.24) is 0 Å². The van der Waals surface area contributed by atoms with Gasteiger partial charge in [0.25, 0.3) is 0 Å². The van der Waals surface area contributed by atoms with E-state index in [4.69, 9.17) is 28.3 Å². The second-order valence-corrected chi connectivity index (χ2v) is 3.35. The van der Waals surface area contributed by atoms with Crippen molar-refractivity contribution in [2.45, 2.75) is 0 Å². The molecule has 0 saturated heterocycles. The lowest BCUT2D eigenvalue weighted by Crippen LogP contribution is -2.03. The SMILES string of the molecule is O=C(O)CO/N=C/c1c(Cl)cccc1Cl. The first-order chi connectivity index (χ1) is 7.11. The standard InChI is InChI=1S/C9H7Cl2NO3/c10-7-2-1-3-8(11)6(7)4-12-15-5-9(13)14/h1-4H,5H2,(H,13,14)/b12-4+. The first kappa shape index (κ1) is 11.8. The Labute approximate surface area is 96.1 Å². The third-order valence-electron chi connectivity index (χ3n) is 1.44. The zero-order valence-corrected chi connectivity index (χ0v) is 9.00. The highest BCUT2D eigenvalue weighted by Crippen LogP contribution is 2.22. The molecular weight excluding hydrogens is 241 g/mol. The van der Waals surface area contributed by atoms with Crippen LogP contribution < -0.4 is 0 Å². The number of oxime groups is 1. The van der Waals surface area contributed by atoms with Gasteiger partial charge in [-0.15, -0.1) is 0 Å². The fourth-order valence-electron chi connectivity index (χ4n) is 0.817. The predicted molar refractivity (Wildman–Crippen MR) is 57.6 cm³/mol. The Bertz CT molecular complexity index is 373. The molecule has 0 saturated carbocycles. The van der Waals surface area contributed by atoms with Crippen molar-refractivity contribution in [3.8, 4) is 0 Å². The van der Waals surface area contributed by atoms with Crippen molar-refractivity contribution < 1.29 is 14.7 Å². The van der Waals surface area contributed by atoms with E-state index in [9.17, 15) is 4.79 Å². The quantitative estimate of drug-likeness (QED) is 0.657. The van der Waals surface area contributed by atoms with Crippen LogP contribution in [0.25, 0.3) is 0 Å². The van der Waals surface area contributed by atoms with Gasteiger partial charge in [-0.1, -0.05) is 34.4 Å². The molecule has 0 heterocycles. The summed E-state index contributed by atoms with van der Waals surface area (Å²) in [5, 5.41) is 12.5. The van der Waals surface area contributed by atoms with Crippen LogP contribution in [0, 0.1) is 0 Å². The van der Waals surface area contributed by atoms with Crippen molar-refractivity contribution >= 4 is 35.4 Å². The fraction of sp³-hybridized carbons (Fsp3) is 0.111. The molecule has 0 spiro atoms. The van der Waals surface area contributed by atoms with Crippen molar-refractivity contribution in [2.24, 2.45) is 5.16 Å². The molecule has 1 N–H and O–H groups in total. The maximum atomic E-state index is 10.1. The number of hydrogen-bond acceptors (Lipinski definition) is 3. The Morgan fingerprint density at radius 3 is 2.60 bits per heavy atom. The molecule has 80 valence electrons. The molecule has 1 aromatic rings. The number of aliphatic carboxylic acids is 1. The minimum Gasteiger partial charge on any atom is -0.479 e. The first-order valence-corrected chi connectivity index (χ1v) is 4.68. The monoisotopic (exact) mass is 247 g/mol. The Morgan fingerprint density at radius 1 is 1.47 bits per heavy atom. The van der Waals surface area contributed by atoms with Gasteiger partial charge in [0, 0.05) is 5.56 Å². The van der Waals surface area contributed by atoms with Crippen molar-refractivity contribution in [2.75, 3.05) is 6.61 Å². The van der Waals surface area contributed by atoms with Gasteiger partial charge in [0.05, 0.1) is 16.3 Å². The number of nitrogens with zero attached hydrogens (tertiary/aromatic N) is 1. The second-order valence-electron chi connectivity index (χ2n) is 2.54. The van der Waals surface area contributed by atoms with Crippen molar-refractivity contribution in [3.05, 3.63) is 33.8 Å². The minimum absolute atomic E-state index is 0.421. The van der Waals surface area contributed by atoms with E-state index in [1.165, 1.54) is 6.21 Å². The molecule has 6 heteroatoms. The van der Waals surface area contributed by atoms with Gasteiger partial charge < -0.3 is 9.94 Å². The average molecular weight is 248 g/mol. The number of hydrogen-bond donors (Lipinski definition) is 1. The number of halogens is 2. The Morgan fingerprint density at radius 2 is 2.07 bits per heavy atom. The molecule has 0 unspecified atom stereocenters. The van der Waals surface area contributed by atoms with Gasteiger partial charge in [0.2, 0.25) is 6.61 Å². The lowest BCUT2D eigenvalue weighted by atomic mass is 10.2. The summed E-state index contributed by atoms with van der Waals surface area (Å²) in [4.78, 5) is 14.6. The topological polar surface area (TPSA) is 58.9 Å². The van der Waals surface area contributed by atoms with Gasteiger partial charge >= 0.3 is 5.97 Å². The summed E-state index contributed by atoms with van der Waals surface area (Å²) in [7, 11) is 0. The predicted octanol–water partition coefficient (Wildman–Crippen LogP) is 2.43. The maximum absolute atomic E-state index is 10.1. The molecule has 1 rings (SSSR count). The van der Waals surface area contributed by atoms with Crippen LogP contribution in [0.4, 0.5) is 0 Å². The summed E-state index contributed by atoms with van der Waals surface area (Å²) < 4.78 is 0. The number of carbonyl (C=O) groups is 1. The molecule has 15 heavy (non-hydrogen) atoms. The van der Waals surface area contributed by atoms with Gasteiger partial charge in [-0.2, -0.15) is 0 Å². The molecule has 0 aromatic heterocycles. The van der Waals surface area contributed by atoms with Crippen LogP contribution in [0.2, 0.25) is 10.0 Å².